The summed E-state index contributed by atoms with van der Waals surface area (Å²) in [4.78, 5) is 2.32. The van der Waals surface area contributed by atoms with Gasteiger partial charge in [0.1, 0.15) is 0 Å². The Balaban J connectivity index is 2.26. The summed E-state index contributed by atoms with van der Waals surface area (Å²) in [5.41, 5.74) is 0. The van der Waals surface area contributed by atoms with Crippen molar-refractivity contribution in [1.82, 2.24) is 4.90 Å². The summed E-state index contributed by atoms with van der Waals surface area (Å²) in [6, 6.07) is 0. The Bertz CT molecular complexity index is 168. The summed E-state index contributed by atoms with van der Waals surface area (Å²) >= 11 is 0. The van der Waals surface area contributed by atoms with Gasteiger partial charge < -0.3 is 4.74 Å². The Morgan fingerprint density at radius 1 is 1.64 bits per heavy atom. The lowest BCUT2D eigenvalue weighted by molar-refractivity contribution is -0.0133. The Morgan fingerprint density at radius 3 is 3.09 bits per heavy atom. The second kappa shape index (κ2) is 4.38. The maximum Gasteiger partial charge on any atom is 0.0674 e. The van der Waals surface area contributed by atoms with Crippen LogP contribution in [0.25, 0.3) is 0 Å². The lowest BCUT2D eigenvalue weighted by Gasteiger charge is -2.29. The van der Waals surface area contributed by atoms with Crippen molar-refractivity contribution in [3.63, 3.8) is 0 Å². The van der Waals surface area contributed by atoms with Gasteiger partial charge in [0, 0.05) is 13.1 Å². The molecule has 11 heavy (non-hydrogen) atoms. The van der Waals surface area contributed by atoms with Crippen LogP contribution in [-0.4, -0.2) is 37.2 Å². The summed E-state index contributed by atoms with van der Waals surface area (Å²) in [7, 11) is 0. The number of morpholine rings is 1. The number of hydrogen-bond donors (Lipinski definition) is 0. The molecule has 1 fully saturated rings. The molecule has 62 valence electrons. The third-order valence-corrected chi connectivity index (χ3v) is 1.80. The minimum Gasteiger partial charge on any atom is -0.376 e. The lowest BCUT2D eigenvalue weighted by atomic mass is 10.3. The highest BCUT2D eigenvalue weighted by molar-refractivity contribution is 4.98. The average molecular weight is 153 g/mol. The van der Waals surface area contributed by atoms with Gasteiger partial charge in [-0.25, -0.2) is 0 Å². The second-order valence-corrected chi connectivity index (χ2v) is 2.84. The third kappa shape index (κ3) is 2.92. The minimum absolute atomic E-state index is 0.377. The monoisotopic (exact) mass is 153 g/mol. The molecule has 0 radical (unpaired) electrons. The summed E-state index contributed by atoms with van der Waals surface area (Å²) in [5, 5.41) is 0. The molecule has 0 aromatic rings. The van der Waals surface area contributed by atoms with Crippen molar-refractivity contribution in [2.45, 2.75) is 20.0 Å². The first-order chi connectivity index (χ1) is 5.33. The van der Waals surface area contributed by atoms with E-state index in [0.717, 1.165) is 26.2 Å². The molecule has 2 nitrogen and oxygen atoms in total. The standard InChI is InChI=1S/C9H15NO/c1-3-4-5-10-6-7-11-9(2)8-10/h9H,5-8H2,1-2H3/t9-/m0/s1. The summed E-state index contributed by atoms with van der Waals surface area (Å²) in [6.45, 7) is 7.78. The molecule has 0 bridgehead atoms. The van der Waals surface area contributed by atoms with Crippen LogP contribution < -0.4 is 0 Å². The number of rotatable bonds is 1. The van der Waals surface area contributed by atoms with Gasteiger partial charge in [-0.3, -0.25) is 4.90 Å². The van der Waals surface area contributed by atoms with E-state index < -0.39 is 0 Å². The fourth-order valence-corrected chi connectivity index (χ4v) is 1.23. The molecule has 1 rings (SSSR count). The molecule has 1 aliphatic rings. The van der Waals surface area contributed by atoms with Gasteiger partial charge in [0.2, 0.25) is 0 Å². The first kappa shape index (κ1) is 8.58. The Labute approximate surface area is 68.5 Å². The predicted octanol–water partition coefficient (Wildman–Crippen LogP) is 0.730. The zero-order chi connectivity index (χ0) is 8.10. The quantitative estimate of drug-likeness (QED) is 0.515. The SMILES string of the molecule is CC#CCN1CCO[C@@H](C)C1. The van der Waals surface area contributed by atoms with Gasteiger partial charge in [-0.05, 0) is 13.8 Å². The molecule has 0 aliphatic carbocycles. The first-order valence-electron chi connectivity index (χ1n) is 4.06. The third-order valence-electron chi connectivity index (χ3n) is 1.80. The van der Waals surface area contributed by atoms with Gasteiger partial charge in [0.25, 0.3) is 0 Å². The van der Waals surface area contributed by atoms with Gasteiger partial charge in [-0.15, -0.1) is 5.92 Å². The zero-order valence-electron chi connectivity index (χ0n) is 7.26. The topological polar surface area (TPSA) is 12.5 Å². The molecule has 0 aromatic heterocycles. The highest BCUT2D eigenvalue weighted by Crippen LogP contribution is 2.02. The van der Waals surface area contributed by atoms with Crippen LogP contribution in [0.5, 0.6) is 0 Å². The van der Waals surface area contributed by atoms with Crippen LogP contribution in [0, 0.1) is 11.8 Å². The predicted molar refractivity (Wildman–Crippen MR) is 45.3 cm³/mol. The van der Waals surface area contributed by atoms with E-state index in [0.29, 0.717) is 6.10 Å². The number of ether oxygens (including phenoxy) is 1. The van der Waals surface area contributed by atoms with E-state index >= 15 is 0 Å². The van der Waals surface area contributed by atoms with Crippen molar-refractivity contribution >= 4 is 0 Å². The maximum atomic E-state index is 5.40. The molecule has 1 heterocycles. The molecule has 1 saturated heterocycles. The molecule has 0 spiro atoms. The molecule has 0 amide bonds. The zero-order valence-corrected chi connectivity index (χ0v) is 7.26. The van der Waals surface area contributed by atoms with Gasteiger partial charge in [-0.2, -0.15) is 0 Å². The van der Waals surface area contributed by atoms with Crippen molar-refractivity contribution in [1.29, 1.82) is 0 Å². The van der Waals surface area contributed by atoms with E-state index in [9.17, 15) is 0 Å². The Hall–Kier alpha value is -0.520. The smallest absolute Gasteiger partial charge is 0.0674 e. The molecule has 2 heteroatoms. The maximum absolute atomic E-state index is 5.40. The van der Waals surface area contributed by atoms with E-state index in [1.165, 1.54) is 0 Å². The second-order valence-electron chi connectivity index (χ2n) is 2.84. The summed E-state index contributed by atoms with van der Waals surface area (Å²) in [6.07, 6.45) is 0.377. The van der Waals surface area contributed by atoms with Crippen LogP contribution in [0.2, 0.25) is 0 Å². The Kier molecular flexibility index (Phi) is 3.41. The van der Waals surface area contributed by atoms with E-state index in [2.05, 4.69) is 23.7 Å². The number of nitrogens with zero attached hydrogens (tertiary/aromatic N) is 1. The van der Waals surface area contributed by atoms with Crippen LogP contribution in [0.1, 0.15) is 13.8 Å². The normalized spacial score (nSPS) is 25.8. The molecular formula is C9H15NO. The fraction of sp³-hybridized carbons (Fsp3) is 0.778. The van der Waals surface area contributed by atoms with Crippen LogP contribution in [-0.2, 0) is 4.74 Å². The van der Waals surface area contributed by atoms with Crippen LogP contribution in [0.3, 0.4) is 0 Å². The van der Waals surface area contributed by atoms with Crippen molar-refractivity contribution in [3.05, 3.63) is 0 Å². The van der Waals surface area contributed by atoms with Gasteiger partial charge in [0.15, 0.2) is 0 Å². The number of hydrogen-bond acceptors (Lipinski definition) is 2. The van der Waals surface area contributed by atoms with E-state index in [-0.39, 0.29) is 0 Å². The average Bonchev–Trinajstić information content (AvgIpc) is 2.01. The van der Waals surface area contributed by atoms with Gasteiger partial charge in [-0.1, -0.05) is 5.92 Å². The highest BCUT2D eigenvalue weighted by Gasteiger charge is 2.14. The molecule has 0 aromatic carbocycles. The van der Waals surface area contributed by atoms with Gasteiger partial charge in [0.05, 0.1) is 19.3 Å². The fourth-order valence-electron chi connectivity index (χ4n) is 1.23. The summed E-state index contributed by atoms with van der Waals surface area (Å²) < 4.78 is 5.40. The van der Waals surface area contributed by atoms with Crippen LogP contribution >= 0.6 is 0 Å². The van der Waals surface area contributed by atoms with Crippen molar-refractivity contribution in [2.24, 2.45) is 0 Å². The molecule has 0 saturated carbocycles. The lowest BCUT2D eigenvalue weighted by Crippen LogP contribution is -2.41. The van der Waals surface area contributed by atoms with Crippen molar-refractivity contribution < 1.29 is 4.74 Å². The molecule has 0 N–H and O–H groups in total. The van der Waals surface area contributed by atoms with Gasteiger partial charge >= 0.3 is 0 Å². The Morgan fingerprint density at radius 2 is 2.45 bits per heavy atom. The van der Waals surface area contributed by atoms with Crippen LogP contribution in [0.15, 0.2) is 0 Å². The van der Waals surface area contributed by atoms with Crippen molar-refractivity contribution in [2.75, 3.05) is 26.2 Å². The molecule has 1 atom stereocenters. The van der Waals surface area contributed by atoms with Crippen molar-refractivity contribution in [3.8, 4) is 11.8 Å². The summed E-state index contributed by atoms with van der Waals surface area (Å²) in [5.74, 6) is 5.96. The van der Waals surface area contributed by atoms with E-state index in [4.69, 9.17) is 4.74 Å². The minimum atomic E-state index is 0.377. The molecule has 1 aliphatic heterocycles. The largest absolute Gasteiger partial charge is 0.376 e. The first-order valence-corrected chi connectivity index (χ1v) is 4.06. The molecule has 0 unspecified atom stereocenters. The highest BCUT2D eigenvalue weighted by atomic mass is 16.5. The van der Waals surface area contributed by atoms with E-state index in [1.807, 2.05) is 6.92 Å². The van der Waals surface area contributed by atoms with E-state index in [1.54, 1.807) is 0 Å². The van der Waals surface area contributed by atoms with Crippen LogP contribution in [0.4, 0.5) is 0 Å². The molecular weight excluding hydrogens is 138 g/mol.